The molecule has 0 aliphatic rings. The largest absolute Gasteiger partial charge is 0.399 e. The van der Waals surface area contributed by atoms with Gasteiger partial charge in [0.15, 0.2) is 0 Å². The van der Waals surface area contributed by atoms with E-state index in [1.54, 1.807) is 11.8 Å². The van der Waals surface area contributed by atoms with Crippen LogP contribution >= 0.6 is 23.1 Å². The summed E-state index contributed by atoms with van der Waals surface area (Å²) in [7, 11) is 0. The Morgan fingerprint density at radius 2 is 2.28 bits per heavy atom. The summed E-state index contributed by atoms with van der Waals surface area (Å²) in [5.74, 6) is -0.00401. The number of hydrogen-bond acceptors (Lipinski definition) is 4. The molecule has 2 rings (SSSR count). The molecule has 0 fully saturated rings. The van der Waals surface area contributed by atoms with E-state index in [1.807, 2.05) is 30.5 Å². The highest BCUT2D eigenvalue weighted by atomic mass is 32.2. The van der Waals surface area contributed by atoms with E-state index in [4.69, 9.17) is 5.73 Å². The second-order valence-electron chi connectivity index (χ2n) is 4.16. The Hall–Kier alpha value is -1.20. The number of amides is 1. The van der Waals surface area contributed by atoms with Crippen LogP contribution < -0.4 is 11.1 Å². The summed E-state index contributed by atoms with van der Waals surface area (Å²) >= 11 is 3.24. The second-order valence-corrected chi connectivity index (χ2v) is 6.52. The van der Waals surface area contributed by atoms with Crippen molar-refractivity contribution in [3.05, 3.63) is 29.1 Å². The Bertz CT molecular complexity index is 565. The van der Waals surface area contributed by atoms with Gasteiger partial charge in [0.2, 0.25) is 0 Å². The molecule has 1 atom stereocenters. The van der Waals surface area contributed by atoms with Crippen molar-refractivity contribution >= 4 is 44.8 Å². The quantitative estimate of drug-likeness (QED) is 0.847. The van der Waals surface area contributed by atoms with E-state index in [1.165, 1.54) is 11.3 Å². The molecule has 0 bridgehead atoms. The fourth-order valence-electron chi connectivity index (χ4n) is 1.58. The standard InChI is InChI=1S/C13H16N2OS2/c1-8(17-2)7-15-13(16)12-6-9-5-10(14)3-4-11(9)18-12/h3-6,8H,7,14H2,1-2H3,(H,15,16). The summed E-state index contributed by atoms with van der Waals surface area (Å²) in [5, 5.41) is 4.40. The fourth-order valence-corrected chi connectivity index (χ4v) is 2.79. The van der Waals surface area contributed by atoms with Crippen molar-refractivity contribution in [1.29, 1.82) is 0 Å². The number of nitrogens with one attached hydrogen (secondary N) is 1. The van der Waals surface area contributed by atoms with E-state index >= 15 is 0 Å². The first-order chi connectivity index (χ1) is 8.60. The molecule has 0 radical (unpaired) electrons. The highest BCUT2D eigenvalue weighted by Crippen LogP contribution is 2.27. The van der Waals surface area contributed by atoms with Crippen LogP contribution in [0.25, 0.3) is 10.1 Å². The monoisotopic (exact) mass is 280 g/mol. The maximum Gasteiger partial charge on any atom is 0.261 e. The van der Waals surface area contributed by atoms with Gasteiger partial charge in [-0.05, 0) is 35.9 Å². The van der Waals surface area contributed by atoms with Crippen molar-refractivity contribution in [1.82, 2.24) is 5.32 Å². The summed E-state index contributed by atoms with van der Waals surface area (Å²) in [4.78, 5) is 12.7. The van der Waals surface area contributed by atoms with Gasteiger partial charge in [-0.2, -0.15) is 11.8 Å². The fraction of sp³-hybridized carbons (Fsp3) is 0.308. The molecular weight excluding hydrogens is 264 g/mol. The molecule has 5 heteroatoms. The molecule has 3 nitrogen and oxygen atoms in total. The van der Waals surface area contributed by atoms with Gasteiger partial charge in [-0.3, -0.25) is 4.79 Å². The Labute approximate surface area is 115 Å². The average molecular weight is 280 g/mol. The van der Waals surface area contributed by atoms with Gasteiger partial charge in [-0.15, -0.1) is 11.3 Å². The number of hydrogen-bond donors (Lipinski definition) is 2. The second kappa shape index (κ2) is 5.63. The molecule has 1 aromatic carbocycles. The van der Waals surface area contributed by atoms with Crippen LogP contribution in [0.3, 0.4) is 0 Å². The third-order valence-electron chi connectivity index (χ3n) is 2.72. The summed E-state index contributed by atoms with van der Waals surface area (Å²) in [5.41, 5.74) is 6.45. The van der Waals surface area contributed by atoms with E-state index in [0.717, 1.165) is 20.7 Å². The predicted molar refractivity (Wildman–Crippen MR) is 81.5 cm³/mol. The number of carbonyl (C=O) groups is 1. The van der Waals surface area contributed by atoms with Crippen molar-refractivity contribution in [2.45, 2.75) is 12.2 Å². The van der Waals surface area contributed by atoms with Crippen molar-refractivity contribution in [2.24, 2.45) is 0 Å². The van der Waals surface area contributed by atoms with Crippen molar-refractivity contribution in [3.8, 4) is 0 Å². The van der Waals surface area contributed by atoms with Crippen molar-refractivity contribution in [2.75, 3.05) is 18.5 Å². The molecule has 0 saturated heterocycles. The zero-order chi connectivity index (χ0) is 13.1. The zero-order valence-corrected chi connectivity index (χ0v) is 12.0. The number of benzene rings is 1. The van der Waals surface area contributed by atoms with Crippen molar-refractivity contribution in [3.63, 3.8) is 0 Å². The van der Waals surface area contributed by atoms with Crippen LogP contribution in [0.4, 0.5) is 5.69 Å². The summed E-state index contributed by atoms with van der Waals surface area (Å²) in [6.07, 6.45) is 2.04. The van der Waals surface area contributed by atoms with Crippen LogP contribution in [0.2, 0.25) is 0 Å². The molecule has 0 aliphatic carbocycles. The molecule has 1 unspecified atom stereocenters. The lowest BCUT2D eigenvalue weighted by molar-refractivity contribution is 0.0958. The van der Waals surface area contributed by atoms with Crippen LogP contribution in [-0.4, -0.2) is 24.0 Å². The lowest BCUT2D eigenvalue weighted by atomic mass is 10.2. The molecule has 0 aliphatic heterocycles. The SMILES string of the molecule is CSC(C)CNC(=O)c1cc2cc(N)ccc2s1. The summed E-state index contributed by atoms with van der Waals surface area (Å²) in [6.45, 7) is 2.78. The minimum absolute atomic E-state index is 0.00401. The molecule has 1 aromatic heterocycles. The van der Waals surface area contributed by atoms with Gasteiger partial charge in [-0.1, -0.05) is 6.92 Å². The molecule has 96 valence electrons. The molecule has 1 amide bonds. The number of nitrogens with two attached hydrogens (primary N) is 1. The minimum Gasteiger partial charge on any atom is -0.399 e. The Morgan fingerprint density at radius 3 is 3.00 bits per heavy atom. The smallest absolute Gasteiger partial charge is 0.261 e. The van der Waals surface area contributed by atoms with Gasteiger partial charge in [-0.25, -0.2) is 0 Å². The number of fused-ring (bicyclic) bond motifs is 1. The highest BCUT2D eigenvalue weighted by molar-refractivity contribution is 7.99. The van der Waals surface area contributed by atoms with Crippen LogP contribution in [0.1, 0.15) is 16.6 Å². The van der Waals surface area contributed by atoms with Gasteiger partial charge in [0.05, 0.1) is 4.88 Å². The number of carbonyl (C=O) groups excluding carboxylic acids is 1. The first-order valence-electron chi connectivity index (χ1n) is 5.70. The Kier molecular flexibility index (Phi) is 4.14. The average Bonchev–Trinajstić information content (AvgIpc) is 2.78. The van der Waals surface area contributed by atoms with Gasteiger partial charge in [0, 0.05) is 22.2 Å². The molecule has 18 heavy (non-hydrogen) atoms. The van der Waals surface area contributed by atoms with Gasteiger partial charge in [0.25, 0.3) is 5.91 Å². The Morgan fingerprint density at radius 1 is 1.50 bits per heavy atom. The van der Waals surface area contributed by atoms with Gasteiger partial charge >= 0.3 is 0 Å². The minimum atomic E-state index is -0.00401. The number of anilines is 1. The number of thioether (sulfide) groups is 1. The first kappa shape index (κ1) is 13.2. The lowest BCUT2D eigenvalue weighted by Crippen LogP contribution is -2.28. The van der Waals surface area contributed by atoms with E-state index in [-0.39, 0.29) is 5.91 Å². The van der Waals surface area contributed by atoms with E-state index in [9.17, 15) is 4.79 Å². The van der Waals surface area contributed by atoms with Gasteiger partial charge < -0.3 is 11.1 Å². The topological polar surface area (TPSA) is 55.1 Å². The van der Waals surface area contributed by atoms with Crippen LogP contribution in [0, 0.1) is 0 Å². The molecule has 3 N–H and O–H groups in total. The predicted octanol–water partition coefficient (Wildman–Crippen LogP) is 2.96. The van der Waals surface area contributed by atoms with E-state index in [2.05, 4.69) is 12.2 Å². The highest BCUT2D eigenvalue weighted by Gasteiger charge is 2.11. The maximum atomic E-state index is 12.0. The van der Waals surface area contributed by atoms with E-state index < -0.39 is 0 Å². The van der Waals surface area contributed by atoms with Crippen molar-refractivity contribution < 1.29 is 4.79 Å². The normalized spacial score (nSPS) is 12.6. The zero-order valence-electron chi connectivity index (χ0n) is 10.4. The van der Waals surface area contributed by atoms with Crippen LogP contribution in [0.15, 0.2) is 24.3 Å². The first-order valence-corrected chi connectivity index (χ1v) is 7.80. The number of thiophene rings is 1. The molecule has 2 aromatic rings. The van der Waals surface area contributed by atoms with Crippen LogP contribution in [-0.2, 0) is 0 Å². The van der Waals surface area contributed by atoms with Crippen LogP contribution in [0.5, 0.6) is 0 Å². The summed E-state index contributed by atoms with van der Waals surface area (Å²) < 4.78 is 1.09. The molecule has 1 heterocycles. The Balaban J connectivity index is 2.13. The van der Waals surface area contributed by atoms with Gasteiger partial charge in [0.1, 0.15) is 0 Å². The lowest BCUT2D eigenvalue weighted by Gasteiger charge is -2.08. The third-order valence-corrected chi connectivity index (χ3v) is 4.80. The third kappa shape index (κ3) is 2.97. The molecule has 0 saturated carbocycles. The maximum absolute atomic E-state index is 12.0. The summed E-state index contributed by atoms with van der Waals surface area (Å²) in [6, 6.07) is 7.61. The van der Waals surface area contributed by atoms with E-state index in [0.29, 0.717) is 11.8 Å². The number of rotatable bonds is 4. The molecular formula is C13H16N2OS2. The number of nitrogen functional groups attached to an aromatic ring is 1. The molecule has 0 spiro atoms.